The van der Waals surface area contributed by atoms with Crippen molar-refractivity contribution >= 4 is 15.9 Å². The van der Waals surface area contributed by atoms with Crippen LogP contribution < -0.4 is 5.32 Å². The average Bonchev–Trinajstić information content (AvgIpc) is 2.53. The van der Waals surface area contributed by atoms with Crippen LogP contribution in [0.25, 0.3) is 0 Å². The SMILES string of the molecule is OC(CNC1CCCc2ccc(Br)cc21)c1ccncc1. The van der Waals surface area contributed by atoms with E-state index in [0.717, 1.165) is 22.9 Å². The predicted molar refractivity (Wildman–Crippen MR) is 87.0 cm³/mol. The Bertz CT molecular complexity index is 603. The average molecular weight is 347 g/mol. The lowest BCUT2D eigenvalue weighted by atomic mass is 9.87. The second kappa shape index (κ2) is 6.69. The Morgan fingerprint density at radius 3 is 2.90 bits per heavy atom. The molecule has 2 atom stereocenters. The van der Waals surface area contributed by atoms with E-state index in [9.17, 15) is 5.11 Å². The maximum Gasteiger partial charge on any atom is 0.0915 e. The van der Waals surface area contributed by atoms with E-state index in [-0.39, 0.29) is 0 Å². The Labute approximate surface area is 133 Å². The van der Waals surface area contributed by atoms with Crippen LogP contribution in [0.15, 0.2) is 47.2 Å². The van der Waals surface area contributed by atoms with Crippen molar-refractivity contribution in [2.75, 3.05) is 6.54 Å². The molecular formula is C17H19BrN2O. The number of pyridine rings is 1. The van der Waals surface area contributed by atoms with Gasteiger partial charge in [0.25, 0.3) is 0 Å². The van der Waals surface area contributed by atoms with Crippen LogP contribution in [-0.4, -0.2) is 16.6 Å². The van der Waals surface area contributed by atoms with Gasteiger partial charge in [0.2, 0.25) is 0 Å². The third kappa shape index (κ3) is 3.51. The summed E-state index contributed by atoms with van der Waals surface area (Å²) in [6.07, 6.45) is 6.39. The Balaban J connectivity index is 1.68. The quantitative estimate of drug-likeness (QED) is 0.889. The predicted octanol–water partition coefficient (Wildman–Crippen LogP) is 3.54. The van der Waals surface area contributed by atoms with E-state index < -0.39 is 6.10 Å². The molecule has 0 spiro atoms. The number of halogens is 1. The number of aromatic nitrogens is 1. The van der Waals surface area contributed by atoms with E-state index in [1.807, 2.05) is 12.1 Å². The van der Waals surface area contributed by atoms with Crippen LogP contribution in [0.2, 0.25) is 0 Å². The van der Waals surface area contributed by atoms with Gasteiger partial charge in [-0.3, -0.25) is 4.98 Å². The highest BCUT2D eigenvalue weighted by molar-refractivity contribution is 9.10. The molecule has 0 saturated carbocycles. The highest BCUT2D eigenvalue weighted by Crippen LogP contribution is 2.32. The normalized spacial score (nSPS) is 19.0. The molecule has 0 aliphatic heterocycles. The van der Waals surface area contributed by atoms with Crippen LogP contribution in [0.5, 0.6) is 0 Å². The van der Waals surface area contributed by atoms with Gasteiger partial charge in [-0.15, -0.1) is 0 Å². The summed E-state index contributed by atoms with van der Waals surface area (Å²) in [5, 5.41) is 13.8. The van der Waals surface area contributed by atoms with E-state index in [1.165, 1.54) is 17.5 Å². The zero-order valence-corrected chi connectivity index (χ0v) is 13.4. The van der Waals surface area contributed by atoms with Crippen LogP contribution in [0.4, 0.5) is 0 Å². The maximum absolute atomic E-state index is 10.3. The lowest BCUT2D eigenvalue weighted by molar-refractivity contribution is 0.168. The summed E-state index contributed by atoms with van der Waals surface area (Å²) in [6.45, 7) is 0.556. The van der Waals surface area contributed by atoms with Crippen LogP contribution in [0.3, 0.4) is 0 Å². The van der Waals surface area contributed by atoms with Crippen molar-refractivity contribution in [3.8, 4) is 0 Å². The minimum Gasteiger partial charge on any atom is -0.387 e. The van der Waals surface area contributed by atoms with Crippen molar-refractivity contribution in [2.45, 2.75) is 31.4 Å². The molecule has 0 bridgehead atoms. The van der Waals surface area contributed by atoms with E-state index >= 15 is 0 Å². The van der Waals surface area contributed by atoms with Crippen LogP contribution in [0.1, 0.15) is 41.7 Å². The second-order valence-corrected chi connectivity index (χ2v) is 6.41. The molecule has 2 unspecified atom stereocenters. The first-order valence-corrected chi connectivity index (χ1v) is 8.13. The van der Waals surface area contributed by atoms with Gasteiger partial charge in [0.15, 0.2) is 0 Å². The molecule has 0 radical (unpaired) electrons. The monoisotopic (exact) mass is 346 g/mol. The van der Waals surface area contributed by atoms with Gasteiger partial charge in [0.05, 0.1) is 6.10 Å². The summed E-state index contributed by atoms with van der Waals surface area (Å²) < 4.78 is 1.12. The lowest BCUT2D eigenvalue weighted by Gasteiger charge is -2.27. The number of aliphatic hydroxyl groups is 1. The van der Waals surface area contributed by atoms with Gasteiger partial charge in [-0.05, 0) is 60.2 Å². The minimum atomic E-state index is -0.495. The summed E-state index contributed by atoms with van der Waals surface area (Å²) in [5.74, 6) is 0. The largest absolute Gasteiger partial charge is 0.387 e. The molecule has 1 aliphatic rings. The number of hydrogen-bond acceptors (Lipinski definition) is 3. The van der Waals surface area contributed by atoms with Gasteiger partial charge in [0.1, 0.15) is 0 Å². The lowest BCUT2D eigenvalue weighted by Crippen LogP contribution is -2.29. The fourth-order valence-electron chi connectivity index (χ4n) is 2.94. The van der Waals surface area contributed by atoms with Gasteiger partial charge >= 0.3 is 0 Å². The van der Waals surface area contributed by atoms with Gasteiger partial charge in [0, 0.05) is 29.5 Å². The molecular weight excluding hydrogens is 328 g/mol. The molecule has 0 fully saturated rings. The van der Waals surface area contributed by atoms with Crippen molar-refractivity contribution in [1.29, 1.82) is 0 Å². The fourth-order valence-corrected chi connectivity index (χ4v) is 3.32. The number of benzene rings is 1. The molecule has 3 nitrogen and oxygen atoms in total. The highest BCUT2D eigenvalue weighted by Gasteiger charge is 2.21. The number of rotatable bonds is 4. The number of nitrogens with one attached hydrogen (secondary N) is 1. The van der Waals surface area contributed by atoms with Crippen molar-refractivity contribution in [3.05, 3.63) is 63.9 Å². The second-order valence-electron chi connectivity index (χ2n) is 5.49. The molecule has 1 aromatic heterocycles. The van der Waals surface area contributed by atoms with Crippen LogP contribution in [-0.2, 0) is 6.42 Å². The number of aliphatic hydroxyl groups excluding tert-OH is 1. The molecule has 0 saturated heterocycles. The van der Waals surface area contributed by atoms with Crippen molar-refractivity contribution in [1.82, 2.24) is 10.3 Å². The Kier molecular flexibility index (Phi) is 4.68. The molecule has 4 heteroatoms. The first kappa shape index (κ1) is 14.7. The van der Waals surface area contributed by atoms with Gasteiger partial charge in [-0.25, -0.2) is 0 Å². The molecule has 2 N–H and O–H groups in total. The molecule has 1 heterocycles. The minimum absolute atomic E-state index is 0.322. The molecule has 21 heavy (non-hydrogen) atoms. The summed E-state index contributed by atoms with van der Waals surface area (Å²) in [4.78, 5) is 3.98. The first-order valence-electron chi connectivity index (χ1n) is 7.34. The van der Waals surface area contributed by atoms with Crippen molar-refractivity contribution < 1.29 is 5.11 Å². The van der Waals surface area contributed by atoms with E-state index in [1.54, 1.807) is 12.4 Å². The Hall–Kier alpha value is -1.23. The molecule has 110 valence electrons. The third-order valence-corrected chi connectivity index (χ3v) is 4.56. The Morgan fingerprint density at radius 2 is 2.10 bits per heavy atom. The number of aryl methyl sites for hydroxylation is 1. The zero-order valence-electron chi connectivity index (χ0n) is 11.8. The summed E-state index contributed by atoms with van der Waals surface area (Å²) >= 11 is 3.55. The number of nitrogens with zero attached hydrogens (tertiary/aromatic N) is 1. The van der Waals surface area contributed by atoms with E-state index in [2.05, 4.69) is 44.4 Å². The third-order valence-electron chi connectivity index (χ3n) is 4.07. The zero-order chi connectivity index (χ0) is 14.7. The van der Waals surface area contributed by atoms with Crippen LogP contribution >= 0.6 is 15.9 Å². The van der Waals surface area contributed by atoms with Gasteiger partial charge in [-0.2, -0.15) is 0 Å². The van der Waals surface area contributed by atoms with Crippen molar-refractivity contribution in [3.63, 3.8) is 0 Å². The topological polar surface area (TPSA) is 45.1 Å². The van der Waals surface area contributed by atoms with Gasteiger partial charge in [-0.1, -0.05) is 22.0 Å². The smallest absolute Gasteiger partial charge is 0.0915 e. The van der Waals surface area contributed by atoms with E-state index in [0.29, 0.717) is 12.6 Å². The molecule has 1 aliphatic carbocycles. The summed E-state index contributed by atoms with van der Waals surface area (Å²) in [5.41, 5.74) is 3.68. The maximum atomic E-state index is 10.3. The molecule has 2 aromatic rings. The first-order chi connectivity index (χ1) is 10.2. The Morgan fingerprint density at radius 1 is 1.29 bits per heavy atom. The number of fused-ring (bicyclic) bond motifs is 1. The highest BCUT2D eigenvalue weighted by atomic mass is 79.9. The summed E-state index contributed by atoms with van der Waals surface area (Å²) in [7, 11) is 0. The summed E-state index contributed by atoms with van der Waals surface area (Å²) in [6, 6.07) is 10.5. The van der Waals surface area contributed by atoms with Crippen molar-refractivity contribution in [2.24, 2.45) is 0 Å². The molecule has 1 aromatic carbocycles. The van der Waals surface area contributed by atoms with E-state index in [4.69, 9.17) is 0 Å². The standard InChI is InChI=1S/C17H19BrN2O/c18-14-5-4-12-2-1-3-16(15(12)10-14)20-11-17(21)13-6-8-19-9-7-13/h4-10,16-17,20-21H,1-3,11H2. The molecule has 0 amide bonds. The van der Waals surface area contributed by atoms with Crippen LogP contribution in [0, 0.1) is 0 Å². The molecule has 3 rings (SSSR count). The van der Waals surface area contributed by atoms with Gasteiger partial charge < -0.3 is 10.4 Å². The fraction of sp³-hybridized carbons (Fsp3) is 0.353. The number of hydrogen-bond donors (Lipinski definition) is 2.